The lowest BCUT2D eigenvalue weighted by molar-refractivity contribution is 1.42. The van der Waals surface area contributed by atoms with Crippen molar-refractivity contribution in [1.82, 2.24) is 0 Å². The van der Waals surface area contributed by atoms with E-state index in [2.05, 4.69) is 32.2 Å². The molecule has 0 aliphatic heterocycles. The molecule has 0 saturated carbocycles. The fourth-order valence-electron chi connectivity index (χ4n) is 1.51. The summed E-state index contributed by atoms with van der Waals surface area (Å²) >= 11 is 0. The first-order valence-corrected chi connectivity index (χ1v) is 4.74. The zero-order valence-electron chi connectivity index (χ0n) is 8.88. The van der Waals surface area contributed by atoms with Crippen molar-refractivity contribution in [3.63, 3.8) is 0 Å². The fraction of sp³-hybridized carbons (Fsp3) is 0.143. The summed E-state index contributed by atoms with van der Waals surface area (Å²) in [5, 5.41) is 0. The largest absolute Gasteiger partial charge is 0.0984 e. The van der Waals surface area contributed by atoms with Gasteiger partial charge in [0.25, 0.3) is 0 Å². The van der Waals surface area contributed by atoms with Crippen LogP contribution < -0.4 is 0 Å². The van der Waals surface area contributed by atoms with Crippen LogP contribution in [-0.2, 0) is 0 Å². The molecule has 0 aromatic carbocycles. The van der Waals surface area contributed by atoms with Gasteiger partial charge in [-0.1, -0.05) is 49.6 Å². The molecule has 0 saturated heterocycles. The molecule has 0 unspecified atom stereocenters. The highest BCUT2D eigenvalue weighted by atomic mass is 14.1. The van der Waals surface area contributed by atoms with Gasteiger partial charge in [-0.2, -0.15) is 0 Å². The minimum Gasteiger partial charge on any atom is -0.0984 e. The monoisotopic (exact) mass is 184 g/mol. The summed E-state index contributed by atoms with van der Waals surface area (Å²) in [6.07, 6.45) is 12.1. The Morgan fingerprint density at radius 3 is 2.50 bits per heavy atom. The topological polar surface area (TPSA) is 0 Å². The van der Waals surface area contributed by atoms with Crippen LogP contribution in [0.15, 0.2) is 71.9 Å². The first-order valence-electron chi connectivity index (χ1n) is 4.74. The molecule has 0 bridgehead atoms. The van der Waals surface area contributed by atoms with Gasteiger partial charge in [0.05, 0.1) is 0 Å². The van der Waals surface area contributed by atoms with Crippen LogP contribution >= 0.6 is 0 Å². The van der Waals surface area contributed by atoms with Crippen LogP contribution in [0.1, 0.15) is 13.8 Å². The van der Waals surface area contributed by atoms with Crippen molar-refractivity contribution in [3.8, 4) is 0 Å². The third-order valence-electron chi connectivity index (χ3n) is 2.23. The Balaban J connectivity index is 3.09. The SMILES string of the molecule is C=C/C(=C/C=C\C)C1=C(C)C=CC1=C. The van der Waals surface area contributed by atoms with Gasteiger partial charge in [0.2, 0.25) is 0 Å². The molecule has 0 aromatic heterocycles. The molecule has 0 N–H and O–H groups in total. The van der Waals surface area contributed by atoms with Gasteiger partial charge in [-0.3, -0.25) is 0 Å². The van der Waals surface area contributed by atoms with E-state index in [-0.39, 0.29) is 0 Å². The Kier molecular flexibility index (Phi) is 3.47. The lowest BCUT2D eigenvalue weighted by Crippen LogP contribution is -1.87. The van der Waals surface area contributed by atoms with E-state index in [1.807, 2.05) is 31.2 Å². The van der Waals surface area contributed by atoms with E-state index in [0.717, 1.165) is 11.1 Å². The standard InChI is InChI=1S/C14H16/c1-5-7-8-13(6-2)14-11(3)9-10-12(14)4/h5-10H,2-3H2,1,4H3/b7-5-,13-8-. The molecular weight excluding hydrogens is 168 g/mol. The van der Waals surface area contributed by atoms with Gasteiger partial charge in [-0.15, -0.1) is 0 Å². The van der Waals surface area contributed by atoms with Crippen LogP contribution in [0.25, 0.3) is 0 Å². The molecular formula is C14H16. The zero-order chi connectivity index (χ0) is 10.6. The maximum atomic E-state index is 4.01. The quantitative estimate of drug-likeness (QED) is 0.579. The Labute approximate surface area is 86.3 Å². The highest BCUT2D eigenvalue weighted by Gasteiger charge is 2.11. The fourth-order valence-corrected chi connectivity index (χ4v) is 1.51. The first kappa shape index (κ1) is 10.5. The second-order valence-corrected chi connectivity index (χ2v) is 3.27. The molecule has 0 radical (unpaired) electrons. The van der Waals surface area contributed by atoms with Crippen LogP contribution in [0, 0.1) is 0 Å². The Morgan fingerprint density at radius 1 is 1.36 bits per heavy atom. The van der Waals surface area contributed by atoms with E-state index in [1.54, 1.807) is 0 Å². The van der Waals surface area contributed by atoms with Crippen molar-refractivity contribution in [2.75, 3.05) is 0 Å². The van der Waals surface area contributed by atoms with Gasteiger partial charge >= 0.3 is 0 Å². The van der Waals surface area contributed by atoms with Crippen molar-refractivity contribution >= 4 is 0 Å². The zero-order valence-corrected chi connectivity index (χ0v) is 8.88. The molecule has 0 amide bonds. The lowest BCUT2D eigenvalue weighted by Gasteiger charge is -2.06. The Morgan fingerprint density at radius 2 is 2.07 bits per heavy atom. The third kappa shape index (κ3) is 2.02. The second-order valence-electron chi connectivity index (χ2n) is 3.27. The summed E-state index contributed by atoms with van der Waals surface area (Å²) in [4.78, 5) is 0. The minimum atomic E-state index is 1.07. The van der Waals surface area contributed by atoms with E-state index in [9.17, 15) is 0 Å². The average Bonchev–Trinajstić information content (AvgIpc) is 2.50. The Bertz CT molecular complexity index is 371. The van der Waals surface area contributed by atoms with Gasteiger partial charge < -0.3 is 0 Å². The molecule has 0 nitrogen and oxygen atoms in total. The predicted molar refractivity (Wildman–Crippen MR) is 64.1 cm³/mol. The van der Waals surface area contributed by atoms with E-state index in [0.29, 0.717) is 0 Å². The van der Waals surface area contributed by atoms with E-state index in [1.165, 1.54) is 11.1 Å². The van der Waals surface area contributed by atoms with E-state index in [4.69, 9.17) is 0 Å². The molecule has 14 heavy (non-hydrogen) atoms. The molecule has 1 aliphatic carbocycles. The summed E-state index contributed by atoms with van der Waals surface area (Å²) in [6, 6.07) is 0. The number of hydrogen-bond donors (Lipinski definition) is 0. The molecule has 0 spiro atoms. The van der Waals surface area contributed by atoms with Crippen molar-refractivity contribution in [2.45, 2.75) is 13.8 Å². The highest BCUT2D eigenvalue weighted by Crippen LogP contribution is 2.29. The smallest absolute Gasteiger partial charge is 0.00883 e. The number of rotatable bonds is 3. The molecule has 0 heterocycles. The summed E-state index contributed by atoms with van der Waals surface area (Å²) in [7, 11) is 0. The number of hydrogen-bond acceptors (Lipinski definition) is 0. The van der Waals surface area contributed by atoms with Crippen LogP contribution in [-0.4, -0.2) is 0 Å². The van der Waals surface area contributed by atoms with Gasteiger partial charge in [0.15, 0.2) is 0 Å². The second kappa shape index (κ2) is 4.61. The lowest BCUT2D eigenvalue weighted by atomic mass is 9.98. The van der Waals surface area contributed by atoms with Crippen LogP contribution in [0.4, 0.5) is 0 Å². The van der Waals surface area contributed by atoms with Crippen molar-refractivity contribution in [3.05, 3.63) is 71.9 Å². The average molecular weight is 184 g/mol. The molecule has 0 heteroatoms. The van der Waals surface area contributed by atoms with Crippen molar-refractivity contribution in [2.24, 2.45) is 0 Å². The van der Waals surface area contributed by atoms with Gasteiger partial charge in [0, 0.05) is 0 Å². The van der Waals surface area contributed by atoms with Crippen LogP contribution in [0.2, 0.25) is 0 Å². The van der Waals surface area contributed by atoms with E-state index < -0.39 is 0 Å². The summed E-state index contributed by atoms with van der Waals surface area (Å²) < 4.78 is 0. The normalized spacial score (nSPS) is 17.3. The molecule has 0 fully saturated rings. The summed E-state index contributed by atoms with van der Waals surface area (Å²) in [6.45, 7) is 11.9. The molecule has 0 atom stereocenters. The molecule has 1 rings (SSSR count). The van der Waals surface area contributed by atoms with Crippen LogP contribution in [0.3, 0.4) is 0 Å². The Hall–Kier alpha value is -1.56. The maximum absolute atomic E-state index is 4.01. The van der Waals surface area contributed by atoms with Crippen LogP contribution in [0.5, 0.6) is 0 Å². The summed E-state index contributed by atoms with van der Waals surface area (Å²) in [5.74, 6) is 0. The van der Waals surface area contributed by atoms with Gasteiger partial charge in [-0.05, 0) is 36.1 Å². The maximum Gasteiger partial charge on any atom is -0.00883 e. The van der Waals surface area contributed by atoms with Gasteiger partial charge in [-0.25, -0.2) is 0 Å². The summed E-state index contributed by atoms with van der Waals surface area (Å²) in [5.41, 5.74) is 4.66. The van der Waals surface area contributed by atoms with E-state index >= 15 is 0 Å². The molecule has 72 valence electrons. The van der Waals surface area contributed by atoms with Crippen molar-refractivity contribution in [1.29, 1.82) is 0 Å². The predicted octanol–water partition coefficient (Wildman–Crippen LogP) is 4.12. The molecule has 0 aromatic rings. The van der Waals surface area contributed by atoms with Gasteiger partial charge in [0.1, 0.15) is 0 Å². The highest BCUT2D eigenvalue weighted by molar-refractivity contribution is 5.63. The van der Waals surface area contributed by atoms with Crippen molar-refractivity contribution < 1.29 is 0 Å². The number of allylic oxidation sites excluding steroid dienone is 10. The minimum absolute atomic E-state index is 1.07. The molecule has 1 aliphatic rings. The third-order valence-corrected chi connectivity index (χ3v) is 2.23. The first-order chi connectivity index (χ1) is 6.70.